The molecule has 2 aliphatic heterocycles. The fraction of sp³-hybridized carbons (Fsp3) is 0.630. The standard InChI is InChI=1S/C27H35F3N4O2S/c1-17(2)34-9-7-26(8-10-34)13-21(14-26)37-20-4-5-23(18(3)12-20)32-25-31-15-22(27(28,29)30)24(33-25)36-19-6-11-35-16-19/h4-5,12,15,17,19,21H,6-11,13-14,16H2,1-3H3,(H,31,32,33). The number of hydrogen-bond acceptors (Lipinski definition) is 7. The Morgan fingerprint density at radius 1 is 1.22 bits per heavy atom. The molecule has 1 aliphatic carbocycles. The van der Waals surface area contributed by atoms with Gasteiger partial charge in [-0.25, -0.2) is 4.98 Å². The Bertz CT molecular complexity index is 1090. The second-order valence-corrected chi connectivity index (χ2v) is 12.3. The van der Waals surface area contributed by atoms with Crippen LogP contribution in [0.1, 0.15) is 57.1 Å². The lowest BCUT2D eigenvalue weighted by Crippen LogP contribution is -2.49. The first-order chi connectivity index (χ1) is 17.6. The van der Waals surface area contributed by atoms with Gasteiger partial charge < -0.3 is 19.7 Å². The molecule has 6 nitrogen and oxygen atoms in total. The van der Waals surface area contributed by atoms with Gasteiger partial charge in [-0.2, -0.15) is 18.2 Å². The summed E-state index contributed by atoms with van der Waals surface area (Å²) < 4.78 is 51.2. The number of benzene rings is 1. The van der Waals surface area contributed by atoms with Crippen molar-refractivity contribution in [3.05, 3.63) is 35.5 Å². The van der Waals surface area contributed by atoms with Crippen LogP contribution in [0.15, 0.2) is 29.3 Å². The van der Waals surface area contributed by atoms with Gasteiger partial charge in [0.05, 0.1) is 13.2 Å². The van der Waals surface area contributed by atoms with Crippen molar-refractivity contribution >= 4 is 23.4 Å². The van der Waals surface area contributed by atoms with Crippen LogP contribution in [-0.4, -0.2) is 58.6 Å². The zero-order valence-corrected chi connectivity index (χ0v) is 22.4. The van der Waals surface area contributed by atoms with E-state index in [-0.39, 0.29) is 12.6 Å². The Morgan fingerprint density at radius 3 is 2.59 bits per heavy atom. The number of thioether (sulfide) groups is 1. The molecule has 1 unspecified atom stereocenters. The summed E-state index contributed by atoms with van der Waals surface area (Å²) in [5.41, 5.74) is 1.29. The summed E-state index contributed by atoms with van der Waals surface area (Å²) in [6.07, 6.45) is 1.41. The molecule has 10 heteroatoms. The Morgan fingerprint density at radius 2 is 1.97 bits per heavy atom. The van der Waals surface area contributed by atoms with E-state index in [4.69, 9.17) is 9.47 Å². The number of nitrogens with one attached hydrogen (secondary N) is 1. The van der Waals surface area contributed by atoms with E-state index in [0.29, 0.717) is 29.7 Å². The molecule has 3 aliphatic rings. The predicted molar refractivity (Wildman–Crippen MR) is 139 cm³/mol. The summed E-state index contributed by atoms with van der Waals surface area (Å²) in [5.74, 6) is -0.400. The van der Waals surface area contributed by atoms with Crippen molar-refractivity contribution in [2.45, 2.75) is 81.3 Å². The largest absolute Gasteiger partial charge is 0.471 e. The Labute approximate surface area is 220 Å². The number of aromatic nitrogens is 2. The minimum absolute atomic E-state index is 0.0686. The van der Waals surface area contributed by atoms with Crippen molar-refractivity contribution in [2.24, 2.45) is 5.41 Å². The molecule has 202 valence electrons. The minimum atomic E-state index is -4.60. The lowest BCUT2D eigenvalue weighted by atomic mass is 9.63. The summed E-state index contributed by atoms with van der Waals surface area (Å²) in [5, 5.41) is 3.71. The van der Waals surface area contributed by atoms with Crippen molar-refractivity contribution in [1.29, 1.82) is 0 Å². The Balaban J connectivity index is 1.20. The molecule has 0 radical (unpaired) electrons. The average Bonchev–Trinajstić information content (AvgIpc) is 3.32. The molecule has 1 aromatic carbocycles. The third-order valence-corrected chi connectivity index (χ3v) is 9.08. The van der Waals surface area contributed by atoms with Gasteiger partial charge in [0.15, 0.2) is 0 Å². The molecule has 3 fully saturated rings. The third-order valence-electron chi connectivity index (χ3n) is 7.88. The number of hydrogen-bond donors (Lipinski definition) is 1. The SMILES string of the molecule is Cc1cc(SC2CC3(CCN(C(C)C)CC3)C2)ccc1Nc1ncc(C(F)(F)F)c(OC2CCOC2)n1. The van der Waals surface area contributed by atoms with Crippen molar-refractivity contribution in [3.63, 3.8) is 0 Å². The maximum Gasteiger partial charge on any atom is 0.423 e. The van der Waals surface area contributed by atoms with E-state index in [0.717, 1.165) is 17.4 Å². The molecule has 1 saturated carbocycles. The van der Waals surface area contributed by atoms with Crippen LogP contribution in [0.4, 0.5) is 24.8 Å². The maximum absolute atomic E-state index is 13.5. The van der Waals surface area contributed by atoms with Crippen LogP contribution in [-0.2, 0) is 10.9 Å². The monoisotopic (exact) mass is 536 g/mol. The highest BCUT2D eigenvalue weighted by molar-refractivity contribution is 8.00. The summed E-state index contributed by atoms with van der Waals surface area (Å²) in [7, 11) is 0. The second-order valence-electron chi connectivity index (χ2n) is 10.9. The fourth-order valence-corrected chi connectivity index (χ4v) is 7.20. The number of nitrogens with zero attached hydrogens (tertiary/aromatic N) is 3. The van der Waals surface area contributed by atoms with Gasteiger partial charge in [0.1, 0.15) is 11.7 Å². The number of halogens is 3. The summed E-state index contributed by atoms with van der Waals surface area (Å²) >= 11 is 1.93. The molecule has 1 spiro atoms. The number of anilines is 2. The van der Waals surface area contributed by atoms with Gasteiger partial charge in [0.25, 0.3) is 0 Å². The minimum Gasteiger partial charge on any atom is -0.471 e. The van der Waals surface area contributed by atoms with E-state index in [1.807, 2.05) is 24.8 Å². The quantitative estimate of drug-likeness (QED) is 0.436. The molecule has 2 aromatic rings. The van der Waals surface area contributed by atoms with Crippen LogP contribution in [0.25, 0.3) is 0 Å². The maximum atomic E-state index is 13.5. The Hall–Kier alpha value is -2.04. The number of aryl methyl sites for hydroxylation is 1. The lowest BCUT2D eigenvalue weighted by molar-refractivity contribution is -0.139. The molecular weight excluding hydrogens is 501 g/mol. The van der Waals surface area contributed by atoms with E-state index >= 15 is 0 Å². The van der Waals surface area contributed by atoms with E-state index in [1.54, 1.807) is 0 Å². The highest BCUT2D eigenvalue weighted by Crippen LogP contribution is 2.55. The van der Waals surface area contributed by atoms with Gasteiger partial charge in [-0.15, -0.1) is 11.8 Å². The summed E-state index contributed by atoms with van der Waals surface area (Å²) in [6, 6.07) is 6.76. The zero-order valence-electron chi connectivity index (χ0n) is 21.6. The first kappa shape index (κ1) is 26.6. The molecule has 5 rings (SSSR count). The van der Waals surface area contributed by atoms with Crippen LogP contribution >= 0.6 is 11.8 Å². The van der Waals surface area contributed by atoms with Crippen LogP contribution in [0, 0.1) is 12.3 Å². The molecule has 0 amide bonds. The molecule has 1 N–H and O–H groups in total. The Kier molecular flexibility index (Phi) is 7.62. The van der Waals surface area contributed by atoms with E-state index in [1.165, 1.54) is 43.7 Å². The van der Waals surface area contributed by atoms with Gasteiger partial charge in [-0.1, -0.05) is 0 Å². The van der Waals surface area contributed by atoms with Crippen LogP contribution in [0.5, 0.6) is 5.88 Å². The fourth-order valence-electron chi connectivity index (χ4n) is 5.55. The zero-order chi connectivity index (χ0) is 26.2. The number of rotatable bonds is 7. The molecule has 0 bridgehead atoms. The molecule has 3 heterocycles. The first-order valence-electron chi connectivity index (χ1n) is 13.1. The molecule has 1 aromatic heterocycles. The smallest absolute Gasteiger partial charge is 0.423 e. The number of piperidine rings is 1. The highest BCUT2D eigenvalue weighted by Gasteiger charge is 2.46. The second kappa shape index (κ2) is 10.6. The van der Waals surface area contributed by atoms with Crippen molar-refractivity contribution in [3.8, 4) is 5.88 Å². The normalized spacial score (nSPS) is 22.4. The van der Waals surface area contributed by atoms with Crippen LogP contribution < -0.4 is 10.1 Å². The number of likely N-dealkylation sites (tertiary alicyclic amines) is 1. The van der Waals surface area contributed by atoms with Crippen LogP contribution in [0.2, 0.25) is 0 Å². The first-order valence-corrected chi connectivity index (χ1v) is 14.0. The molecule has 2 saturated heterocycles. The lowest BCUT2D eigenvalue weighted by Gasteiger charge is -2.52. The van der Waals surface area contributed by atoms with Crippen LogP contribution in [0.3, 0.4) is 0 Å². The van der Waals surface area contributed by atoms with Gasteiger partial charge in [-0.3, -0.25) is 0 Å². The predicted octanol–water partition coefficient (Wildman–Crippen LogP) is 6.46. The molecular formula is C27H35F3N4O2S. The van der Waals surface area contributed by atoms with E-state index in [9.17, 15) is 13.2 Å². The van der Waals surface area contributed by atoms with Gasteiger partial charge in [0, 0.05) is 34.5 Å². The topological polar surface area (TPSA) is 59.5 Å². The average molecular weight is 537 g/mol. The van der Waals surface area contributed by atoms with Gasteiger partial charge >= 0.3 is 6.18 Å². The summed E-state index contributed by atoms with van der Waals surface area (Å²) in [6.45, 7) is 9.67. The van der Waals surface area contributed by atoms with E-state index < -0.39 is 23.7 Å². The molecule has 37 heavy (non-hydrogen) atoms. The van der Waals surface area contributed by atoms with Crippen molar-refractivity contribution < 1.29 is 22.6 Å². The summed E-state index contributed by atoms with van der Waals surface area (Å²) in [4.78, 5) is 11.8. The van der Waals surface area contributed by atoms with Gasteiger partial charge in [-0.05, 0) is 88.7 Å². The van der Waals surface area contributed by atoms with Crippen molar-refractivity contribution in [2.75, 3.05) is 31.6 Å². The third kappa shape index (κ3) is 6.17. The highest BCUT2D eigenvalue weighted by atomic mass is 32.2. The van der Waals surface area contributed by atoms with E-state index in [2.05, 4.69) is 46.2 Å². The van der Waals surface area contributed by atoms with Crippen molar-refractivity contribution in [1.82, 2.24) is 14.9 Å². The molecule has 1 atom stereocenters. The number of ether oxygens (including phenoxy) is 2. The number of alkyl halides is 3. The van der Waals surface area contributed by atoms with Gasteiger partial charge in [0.2, 0.25) is 11.8 Å².